The fourth-order valence-electron chi connectivity index (χ4n) is 3.04. The van der Waals surface area contributed by atoms with Gasteiger partial charge in [-0.25, -0.2) is 4.39 Å². The highest BCUT2D eigenvalue weighted by Gasteiger charge is 2.26. The van der Waals surface area contributed by atoms with Crippen molar-refractivity contribution in [2.45, 2.75) is 6.92 Å². The van der Waals surface area contributed by atoms with Gasteiger partial charge in [0, 0.05) is 48.9 Å². The number of hydrogen-bond donors (Lipinski definition) is 0. The van der Waals surface area contributed by atoms with Gasteiger partial charge >= 0.3 is 0 Å². The lowest BCUT2D eigenvalue weighted by molar-refractivity contribution is -0.385. The van der Waals surface area contributed by atoms with Crippen molar-refractivity contribution >= 4 is 17.5 Å². The van der Waals surface area contributed by atoms with E-state index < -0.39 is 10.7 Å². The van der Waals surface area contributed by atoms with Crippen molar-refractivity contribution in [3.8, 4) is 0 Å². The quantitative estimate of drug-likeness (QED) is 0.613. The van der Waals surface area contributed by atoms with Crippen molar-refractivity contribution in [3.63, 3.8) is 0 Å². The van der Waals surface area contributed by atoms with Gasteiger partial charge in [-0.1, -0.05) is 12.1 Å². The number of halogens is 1. The van der Waals surface area contributed by atoms with Gasteiger partial charge in [-0.3, -0.25) is 19.7 Å². The minimum atomic E-state index is -0.512. The molecule has 0 radical (unpaired) electrons. The van der Waals surface area contributed by atoms with Gasteiger partial charge < -0.3 is 9.80 Å². The maximum atomic E-state index is 13.3. The highest BCUT2D eigenvalue weighted by atomic mass is 19.1. The van der Waals surface area contributed by atoms with Crippen LogP contribution >= 0.6 is 0 Å². The monoisotopic (exact) mass is 371 g/mol. The molecule has 0 aromatic heterocycles. The first-order valence-corrected chi connectivity index (χ1v) is 8.46. The lowest BCUT2D eigenvalue weighted by Gasteiger charge is -2.34. The van der Waals surface area contributed by atoms with Crippen LogP contribution in [0, 0.1) is 22.9 Å². The molecule has 0 unspecified atom stereocenters. The van der Waals surface area contributed by atoms with Gasteiger partial charge in [0.05, 0.1) is 4.92 Å². The van der Waals surface area contributed by atoms with E-state index in [1.807, 2.05) is 0 Å². The Morgan fingerprint density at radius 1 is 0.963 bits per heavy atom. The normalized spacial score (nSPS) is 14.1. The third kappa shape index (κ3) is 3.94. The SMILES string of the molecule is Cc1ccc(C(=O)N2CCN(C(=O)c3cccc(F)c3)CC2)cc1[N+](=O)[O-]. The first kappa shape index (κ1) is 18.5. The Hall–Kier alpha value is -3.29. The summed E-state index contributed by atoms with van der Waals surface area (Å²) in [7, 11) is 0. The third-order valence-corrected chi connectivity index (χ3v) is 4.58. The summed E-state index contributed by atoms with van der Waals surface area (Å²) >= 11 is 0. The van der Waals surface area contributed by atoms with Gasteiger partial charge in [0.25, 0.3) is 17.5 Å². The van der Waals surface area contributed by atoms with Crippen molar-refractivity contribution in [1.82, 2.24) is 9.80 Å². The van der Waals surface area contributed by atoms with E-state index in [0.29, 0.717) is 31.7 Å². The number of hydrogen-bond acceptors (Lipinski definition) is 4. The molecule has 8 heteroatoms. The summed E-state index contributed by atoms with van der Waals surface area (Å²) in [5.74, 6) is -1.07. The molecule has 1 saturated heterocycles. The second-order valence-electron chi connectivity index (χ2n) is 6.35. The number of piperazine rings is 1. The fraction of sp³-hybridized carbons (Fsp3) is 0.263. The van der Waals surface area contributed by atoms with Crippen molar-refractivity contribution in [1.29, 1.82) is 0 Å². The van der Waals surface area contributed by atoms with Crippen LogP contribution in [0.15, 0.2) is 42.5 Å². The summed E-state index contributed by atoms with van der Waals surface area (Å²) in [4.78, 5) is 38.7. The van der Waals surface area contributed by atoms with E-state index in [2.05, 4.69) is 0 Å². The molecule has 1 aliphatic rings. The highest BCUT2D eigenvalue weighted by molar-refractivity contribution is 5.96. The molecule has 1 fully saturated rings. The molecule has 2 aromatic rings. The zero-order valence-corrected chi connectivity index (χ0v) is 14.7. The Morgan fingerprint density at radius 2 is 1.52 bits per heavy atom. The van der Waals surface area contributed by atoms with Gasteiger partial charge in [0.15, 0.2) is 0 Å². The molecule has 140 valence electrons. The molecule has 0 N–H and O–H groups in total. The van der Waals surface area contributed by atoms with Crippen LogP contribution in [0.3, 0.4) is 0 Å². The average molecular weight is 371 g/mol. The molecular weight excluding hydrogens is 353 g/mol. The van der Waals surface area contributed by atoms with E-state index in [4.69, 9.17) is 0 Å². The van der Waals surface area contributed by atoms with E-state index in [0.717, 1.165) is 0 Å². The van der Waals surface area contributed by atoms with Crippen molar-refractivity contribution in [2.24, 2.45) is 0 Å². The second kappa shape index (κ2) is 7.53. The first-order chi connectivity index (χ1) is 12.9. The summed E-state index contributed by atoms with van der Waals surface area (Å²) < 4.78 is 13.3. The van der Waals surface area contributed by atoms with Crippen LogP contribution in [-0.2, 0) is 0 Å². The van der Waals surface area contributed by atoms with Gasteiger partial charge in [0.1, 0.15) is 5.82 Å². The Morgan fingerprint density at radius 3 is 2.04 bits per heavy atom. The molecule has 0 spiro atoms. The number of nitro benzene ring substituents is 1. The van der Waals surface area contributed by atoms with E-state index in [-0.39, 0.29) is 28.6 Å². The number of nitrogens with zero attached hydrogens (tertiary/aromatic N) is 3. The molecule has 3 rings (SSSR count). The van der Waals surface area contributed by atoms with Gasteiger partial charge in [-0.05, 0) is 31.2 Å². The van der Waals surface area contributed by atoms with E-state index in [9.17, 15) is 24.1 Å². The smallest absolute Gasteiger partial charge is 0.273 e. The van der Waals surface area contributed by atoms with E-state index in [1.54, 1.807) is 34.9 Å². The van der Waals surface area contributed by atoms with Crippen LogP contribution in [0.4, 0.5) is 10.1 Å². The third-order valence-electron chi connectivity index (χ3n) is 4.58. The van der Waals surface area contributed by atoms with Crippen molar-refractivity contribution < 1.29 is 18.9 Å². The van der Waals surface area contributed by atoms with Crippen LogP contribution in [-0.4, -0.2) is 52.7 Å². The molecule has 0 bridgehead atoms. The zero-order chi connectivity index (χ0) is 19.6. The molecule has 0 saturated carbocycles. The lowest BCUT2D eigenvalue weighted by Crippen LogP contribution is -2.50. The van der Waals surface area contributed by atoms with Crippen LogP contribution in [0.2, 0.25) is 0 Å². The van der Waals surface area contributed by atoms with Crippen molar-refractivity contribution in [2.75, 3.05) is 26.2 Å². The van der Waals surface area contributed by atoms with Gasteiger partial charge in [0.2, 0.25) is 0 Å². The summed E-state index contributed by atoms with van der Waals surface area (Å²) in [6.45, 7) is 2.86. The number of carbonyl (C=O) groups is 2. The molecule has 0 atom stereocenters. The summed E-state index contributed by atoms with van der Waals surface area (Å²) in [6, 6.07) is 9.88. The minimum Gasteiger partial charge on any atom is -0.335 e. The summed E-state index contributed by atoms with van der Waals surface area (Å²) in [5, 5.41) is 11.1. The number of nitro groups is 1. The zero-order valence-electron chi connectivity index (χ0n) is 14.7. The Kier molecular flexibility index (Phi) is 5.16. The fourth-order valence-corrected chi connectivity index (χ4v) is 3.04. The number of benzene rings is 2. The molecule has 1 aliphatic heterocycles. The summed E-state index contributed by atoms with van der Waals surface area (Å²) in [5.41, 5.74) is 0.906. The number of amides is 2. The molecule has 2 aromatic carbocycles. The van der Waals surface area contributed by atoms with Crippen LogP contribution in [0.1, 0.15) is 26.3 Å². The maximum Gasteiger partial charge on any atom is 0.273 e. The molecule has 7 nitrogen and oxygen atoms in total. The van der Waals surface area contributed by atoms with E-state index >= 15 is 0 Å². The maximum absolute atomic E-state index is 13.3. The number of carbonyl (C=O) groups excluding carboxylic acids is 2. The van der Waals surface area contributed by atoms with Crippen molar-refractivity contribution in [3.05, 3.63) is 75.1 Å². The Labute approximate surface area is 155 Å². The Balaban J connectivity index is 1.67. The largest absolute Gasteiger partial charge is 0.335 e. The lowest BCUT2D eigenvalue weighted by atomic mass is 10.1. The summed E-state index contributed by atoms with van der Waals surface area (Å²) in [6.07, 6.45) is 0. The predicted molar refractivity (Wildman–Crippen MR) is 96.0 cm³/mol. The topological polar surface area (TPSA) is 83.8 Å². The predicted octanol–water partition coefficient (Wildman–Crippen LogP) is 2.64. The molecule has 0 aliphatic carbocycles. The van der Waals surface area contributed by atoms with Gasteiger partial charge in [-0.15, -0.1) is 0 Å². The molecule has 1 heterocycles. The van der Waals surface area contributed by atoms with Gasteiger partial charge in [-0.2, -0.15) is 0 Å². The average Bonchev–Trinajstić information content (AvgIpc) is 2.67. The van der Waals surface area contributed by atoms with Crippen LogP contribution in [0.5, 0.6) is 0 Å². The first-order valence-electron chi connectivity index (χ1n) is 8.46. The molecular formula is C19H18FN3O4. The second-order valence-corrected chi connectivity index (χ2v) is 6.35. The Bertz CT molecular complexity index is 908. The van der Waals surface area contributed by atoms with Crippen LogP contribution < -0.4 is 0 Å². The standard InChI is InChI=1S/C19H18FN3O4/c1-13-5-6-15(12-17(13)23(26)27)19(25)22-9-7-21(8-10-22)18(24)14-3-2-4-16(20)11-14/h2-6,11-12H,7-10H2,1H3. The number of aryl methyl sites for hydroxylation is 1. The highest BCUT2D eigenvalue weighted by Crippen LogP contribution is 2.21. The molecule has 27 heavy (non-hydrogen) atoms. The van der Waals surface area contributed by atoms with Crippen LogP contribution in [0.25, 0.3) is 0 Å². The molecule has 2 amide bonds. The number of rotatable bonds is 3. The van der Waals surface area contributed by atoms with E-state index in [1.165, 1.54) is 24.3 Å². The minimum absolute atomic E-state index is 0.0965.